The predicted molar refractivity (Wildman–Crippen MR) is 61.7 cm³/mol. The lowest BCUT2D eigenvalue weighted by atomic mass is 9.96. The maximum absolute atomic E-state index is 11.7. The summed E-state index contributed by atoms with van der Waals surface area (Å²) in [6.45, 7) is 5.44. The van der Waals surface area contributed by atoms with Crippen molar-refractivity contribution in [3.63, 3.8) is 0 Å². The van der Waals surface area contributed by atoms with Crippen LogP contribution in [0, 0.1) is 5.41 Å². The first-order valence-electron chi connectivity index (χ1n) is 4.46. The Kier molecular flexibility index (Phi) is 3.34. The van der Waals surface area contributed by atoms with Gasteiger partial charge in [0.2, 0.25) is 5.91 Å². The van der Waals surface area contributed by atoms with Gasteiger partial charge >= 0.3 is 0 Å². The van der Waals surface area contributed by atoms with Gasteiger partial charge in [0.1, 0.15) is 10.4 Å². The molecule has 0 aromatic carbocycles. The number of aromatic nitrogens is 1. The molecule has 0 unspecified atom stereocenters. The highest BCUT2D eigenvalue weighted by atomic mass is 79.9. The zero-order valence-electron chi connectivity index (χ0n) is 8.84. The Morgan fingerprint density at radius 2 is 2.13 bits per heavy atom. The number of pyridine rings is 1. The number of halogens is 1. The molecule has 0 aliphatic rings. The summed E-state index contributed by atoms with van der Waals surface area (Å²) in [5.74, 6) is -0.113. The van der Waals surface area contributed by atoms with E-state index in [1.165, 1.54) is 12.3 Å². The van der Waals surface area contributed by atoms with E-state index in [9.17, 15) is 9.90 Å². The molecule has 82 valence electrons. The topological polar surface area (TPSA) is 62.2 Å². The molecule has 0 aliphatic heterocycles. The second-order valence-corrected chi connectivity index (χ2v) is 4.99. The standard InChI is InChI=1S/C10H13BrN2O2/c1-10(2,3)9(15)13-7-4-6(14)5-12-8(7)11/h4-5,14H,1-3H3,(H,13,15). The van der Waals surface area contributed by atoms with E-state index >= 15 is 0 Å². The molecule has 0 fully saturated rings. The number of nitrogens with zero attached hydrogens (tertiary/aromatic N) is 1. The Labute approximate surface area is 96.8 Å². The fraction of sp³-hybridized carbons (Fsp3) is 0.400. The second kappa shape index (κ2) is 4.18. The molecule has 5 heteroatoms. The minimum atomic E-state index is -0.481. The summed E-state index contributed by atoms with van der Waals surface area (Å²) >= 11 is 3.19. The molecule has 0 saturated carbocycles. The first-order chi connectivity index (χ1) is 6.80. The third-order valence-corrected chi connectivity index (χ3v) is 2.39. The summed E-state index contributed by atoms with van der Waals surface area (Å²) in [6, 6.07) is 1.45. The lowest BCUT2D eigenvalue weighted by molar-refractivity contribution is -0.123. The number of carbonyl (C=O) groups is 1. The van der Waals surface area contributed by atoms with E-state index in [0.29, 0.717) is 10.3 Å². The Bertz CT molecular complexity index is 385. The van der Waals surface area contributed by atoms with Crippen molar-refractivity contribution >= 4 is 27.5 Å². The summed E-state index contributed by atoms with van der Waals surface area (Å²) in [6.07, 6.45) is 1.30. The van der Waals surface area contributed by atoms with E-state index in [2.05, 4.69) is 26.2 Å². The molecule has 0 spiro atoms. The molecule has 1 rings (SSSR count). The molecule has 1 aromatic heterocycles. The van der Waals surface area contributed by atoms with Crippen LogP contribution in [0.15, 0.2) is 16.9 Å². The first kappa shape index (κ1) is 12.0. The fourth-order valence-corrected chi connectivity index (χ4v) is 1.15. The van der Waals surface area contributed by atoms with Crippen LogP contribution in [-0.4, -0.2) is 16.0 Å². The van der Waals surface area contributed by atoms with Crippen LogP contribution in [0.25, 0.3) is 0 Å². The molecule has 1 aromatic rings. The zero-order chi connectivity index (χ0) is 11.6. The SMILES string of the molecule is CC(C)(C)C(=O)Nc1cc(O)cnc1Br. The van der Waals surface area contributed by atoms with Crippen LogP contribution in [0.4, 0.5) is 5.69 Å². The fourth-order valence-electron chi connectivity index (χ4n) is 0.835. The van der Waals surface area contributed by atoms with Crippen LogP contribution in [0.5, 0.6) is 5.75 Å². The molecule has 1 heterocycles. The van der Waals surface area contributed by atoms with Gasteiger partial charge < -0.3 is 10.4 Å². The highest BCUT2D eigenvalue weighted by molar-refractivity contribution is 9.10. The van der Waals surface area contributed by atoms with E-state index in [1.807, 2.05) is 20.8 Å². The van der Waals surface area contributed by atoms with Crippen molar-refractivity contribution < 1.29 is 9.90 Å². The lowest BCUT2D eigenvalue weighted by Crippen LogP contribution is -2.27. The third-order valence-electron chi connectivity index (χ3n) is 1.75. The smallest absolute Gasteiger partial charge is 0.229 e. The summed E-state index contributed by atoms with van der Waals surface area (Å²) in [5.41, 5.74) is -0.0137. The Balaban J connectivity index is 2.90. The second-order valence-electron chi connectivity index (χ2n) is 4.24. The van der Waals surface area contributed by atoms with Crippen molar-refractivity contribution in [1.82, 2.24) is 4.98 Å². The third kappa shape index (κ3) is 3.20. The van der Waals surface area contributed by atoms with Crippen molar-refractivity contribution in [3.8, 4) is 5.75 Å². The normalized spacial score (nSPS) is 11.2. The summed E-state index contributed by atoms with van der Waals surface area (Å²) in [7, 11) is 0. The van der Waals surface area contributed by atoms with E-state index in [4.69, 9.17) is 0 Å². The van der Waals surface area contributed by atoms with Crippen molar-refractivity contribution in [3.05, 3.63) is 16.9 Å². The summed E-state index contributed by atoms with van der Waals surface area (Å²) in [4.78, 5) is 15.5. The monoisotopic (exact) mass is 272 g/mol. The molecule has 0 bridgehead atoms. The molecule has 0 aliphatic carbocycles. The number of aromatic hydroxyl groups is 1. The number of hydrogen-bond donors (Lipinski definition) is 2. The van der Waals surface area contributed by atoms with Crippen molar-refractivity contribution in [1.29, 1.82) is 0 Å². The van der Waals surface area contributed by atoms with Gasteiger partial charge in [-0.15, -0.1) is 0 Å². The summed E-state index contributed by atoms with van der Waals surface area (Å²) < 4.78 is 0.498. The number of amides is 1. The quantitative estimate of drug-likeness (QED) is 0.773. The molecule has 0 saturated heterocycles. The molecule has 15 heavy (non-hydrogen) atoms. The average Bonchev–Trinajstić information content (AvgIpc) is 2.09. The molecular weight excluding hydrogens is 260 g/mol. The number of anilines is 1. The predicted octanol–water partition coefficient (Wildman–Crippen LogP) is 2.53. The van der Waals surface area contributed by atoms with Gasteiger partial charge in [-0.05, 0) is 15.9 Å². The summed E-state index contributed by atoms with van der Waals surface area (Å²) in [5, 5.41) is 11.9. The van der Waals surface area contributed by atoms with Crippen molar-refractivity contribution in [2.45, 2.75) is 20.8 Å². The number of hydrogen-bond acceptors (Lipinski definition) is 3. The molecular formula is C10H13BrN2O2. The minimum absolute atomic E-state index is 0.0161. The van der Waals surface area contributed by atoms with Crippen molar-refractivity contribution in [2.75, 3.05) is 5.32 Å². The Hall–Kier alpha value is -1.10. The molecule has 4 nitrogen and oxygen atoms in total. The first-order valence-corrected chi connectivity index (χ1v) is 5.26. The van der Waals surface area contributed by atoms with Crippen LogP contribution in [0.1, 0.15) is 20.8 Å². The lowest BCUT2D eigenvalue weighted by Gasteiger charge is -2.18. The van der Waals surface area contributed by atoms with Gasteiger partial charge in [0.05, 0.1) is 11.9 Å². The van der Waals surface area contributed by atoms with Gasteiger partial charge in [-0.1, -0.05) is 20.8 Å². The Morgan fingerprint density at radius 3 is 2.67 bits per heavy atom. The Morgan fingerprint density at radius 1 is 1.53 bits per heavy atom. The largest absolute Gasteiger partial charge is 0.506 e. The maximum atomic E-state index is 11.7. The van der Waals surface area contributed by atoms with Gasteiger partial charge in [0.25, 0.3) is 0 Å². The van der Waals surface area contributed by atoms with Crippen molar-refractivity contribution in [2.24, 2.45) is 5.41 Å². The van der Waals surface area contributed by atoms with Crippen LogP contribution in [0.2, 0.25) is 0 Å². The van der Waals surface area contributed by atoms with Gasteiger partial charge in [0.15, 0.2) is 0 Å². The van der Waals surface area contributed by atoms with Gasteiger partial charge in [-0.2, -0.15) is 0 Å². The van der Waals surface area contributed by atoms with E-state index in [0.717, 1.165) is 0 Å². The minimum Gasteiger partial charge on any atom is -0.506 e. The molecule has 2 N–H and O–H groups in total. The average molecular weight is 273 g/mol. The van der Waals surface area contributed by atoms with E-state index < -0.39 is 5.41 Å². The number of rotatable bonds is 1. The van der Waals surface area contributed by atoms with Crippen LogP contribution >= 0.6 is 15.9 Å². The number of nitrogens with one attached hydrogen (secondary N) is 1. The highest BCUT2D eigenvalue weighted by Crippen LogP contribution is 2.25. The number of carbonyl (C=O) groups excluding carboxylic acids is 1. The molecule has 1 amide bonds. The van der Waals surface area contributed by atoms with Crippen LogP contribution in [-0.2, 0) is 4.79 Å². The highest BCUT2D eigenvalue weighted by Gasteiger charge is 2.22. The van der Waals surface area contributed by atoms with Gasteiger partial charge in [0, 0.05) is 11.5 Å². The van der Waals surface area contributed by atoms with Crippen LogP contribution in [0.3, 0.4) is 0 Å². The zero-order valence-corrected chi connectivity index (χ0v) is 10.4. The maximum Gasteiger partial charge on any atom is 0.229 e. The van der Waals surface area contributed by atoms with Gasteiger partial charge in [-0.25, -0.2) is 4.98 Å². The van der Waals surface area contributed by atoms with E-state index in [1.54, 1.807) is 0 Å². The van der Waals surface area contributed by atoms with Gasteiger partial charge in [-0.3, -0.25) is 4.79 Å². The molecule has 0 atom stereocenters. The van der Waals surface area contributed by atoms with E-state index in [-0.39, 0.29) is 11.7 Å². The van der Waals surface area contributed by atoms with Crippen LogP contribution < -0.4 is 5.32 Å². The molecule has 0 radical (unpaired) electrons.